The molecule has 1 aromatic rings. The van der Waals surface area contributed by atoms with Crippen LogP contribution in [0.3, 0.4) is 0 Å². The molecule has 7 heteroatoms. The van der Waals surface area contributed by atoms with Crippen LogP contribution >= 0.6 is 0 Å². The number of halogens is 3. The van der Waals surface area contributed by atoms with E-state index >= 15 is 0 Å². The number of nitrogens with one attached hydrogen (secondary N) is 1. The first-order valence-corrected chi connectivity index (χ1v) is 5.20. The third-order valence-corrected chi connectivity index (χ3v) is 1.75. The normalized spacial score (nSPS) is 11.4. The van der Waals surface area contributed by atoms with Gasteiger partial charge in [0.1, 0.15) is 11.6 Å². The van der Waals surface area contributed by atoms with Gasteiger partial charge in [0.2, 0.25) is 5.88 Å². The first-order chi connectivity index (χ1) is 7.90. The zero-order valence-electron chi connectivity index (χ0n) is 9.64. The number of ether oxygens (including phenoxy) is 1. The van der Waals surface area contributed by atoms with E-state index in [0.29, 0.717) is 18.2 Å². The Morgan fingerprint density at radius 2 is 2.06 bits per heavy atom. The Morgan fingerprint density at radius 1 is 1.35 bits per heavy atom. The fourth-order valence-electron chi connectivity index (χ4n) is 1.11. The van der Waals surface area contributed by atoms with Gasteiger partial charge >= 0.3 is 6.18 Å². The highest BCUT2D eigenvalue weighted by molar-refractivity contribution is 5.38. The maximum absolute atomic E-state index is 12.0. The van der Waals surface area contributed by atoms with Gasteiger partial charge in [0, 0.05) is 12.6 Å². The fraction of sp³-hybridized carbons (Fsp3) is 0.600. The Kier molecular flexibility index (Phi) is 4.53. The Bertz CT molecular complexity index is 368. The van der Waals surface area contributed by atoms with Crippen LogP contribution in [-0.4, -0.2) is 29.3 Å². The van der Waals surface area contributed by atoms with E-state index in [1.54, 1.807) is 6.92 Å². The van der Waals surface area contributed by atoms with Crippen molar-refractivity contribution in [3.63, 3.8) is 0 Å². The van der Waals surface area contributed by atoms with Crippen LogP contribution in [0.2, 0.25) is 0 Å². The van der Waals surface area contributed by atoms with Crippen molar-refractivity contribution in [1.82, 2.24) is 9.97 Å². The van der Waals surface area contributed by atoms with Crippen LogP contribution in [0.15, 0.2) is 6.07 Å². The number of hydrogen-bond acceptors (Lipinski definition) is 4. The summed E-state index contributed by atoms with van der Waals surface area (Å²) in [5, 5.41) is 2.96. The van der Waals surface area contributed by atoms with Gasteiger partial charge in [0.15, 0.2) is 6.61 Å². The molecule has 0 aliphatic carbocycles. The topological polar surface area (TPSA) is 47.0 Å². The summed E-state index contributed by atoms with van der Waals surface area (Å²) in [5.41, 5.74) is 0. The van der Waals surface area contributed by atoms with Crippen LogP contribution < -0.4 is 10.1 Å². The summed E-state index contributed by atoms with van der Waals surface area (Å²) in [4.78, 5) is 7.80. The van der Waals surface area contributed by atoms with E-state index in [-0.39, 0.29) is 5.88 Å². The third kappa shape index (κ3) is 5.37. The molecule has 0 atom stereocenters. The molecule has 0 aliphatic heterocycles. The quantitative estimate of drug-likeness (QED) is 0.871. The lowest BCUT2D eigenvalue weighted by molar-refractivity contribution is -0.154. The van der Waals surface area contributed by atoms with Crippen LogP contribution in [0, 0.1) is 6.92 Å². The summed E-state index contributed by atoms with van der Waals surface area (Å²) in [6.45, 7) is 2.91. The summed E-state index contributed by atoms with van der Waals surface area (Å²) in [7, 11) is 0. The van der Waals surface area contributed by atoms with Crippen molar-refractivity contribution in [3.05, 3.63) is 11.9 Å². The van der Waals surface area contributed by atoms with Gasteiger partial charge in [-0.1, -0.05) is 6.92 Å². The second-order valence-electron chi connectivity index (χ2n) is 3.47. The molecular formula is C10H14F3N3O. The minimum atomic E-state index is -4.37. The van der Waals surface area contributed by atoms with E-state index in [9.17, 15) is 13.2 Å². The minimum absolute atomic E-state index is 0.0755. The summed E-state index contributed by atoms with van der Waals surface area (Å²) >= 11 is 0. The van der Waals surface area contributed by atoms with E-state index in [4.69, 9.17) is 0 Å². The Balaban J connectivity index is 2.68. The fourth-order valence-corrected chi connectivity index (χ4v) is 1.11. The Hall–Kier alpha value is -1.53. The Morgan fingerprint density at radius 3 is 2.65 bits per heavy atom. The van der Waals surface area contributed by atoms with Crippen molar-refractivity contribution in [2.75, 3.05) is 18.5 Å². The first kappa shape index (κ1) is 13.5. The standard InChI is InChI=1S/C10H14F3N3O/c1-3-4-14-8-5-9(16-7(2)15-8)17-6-10(11,12)13/h5H,3-4,6H2,1-2H3,(H,14,15,16). The van der Waals surface area contributed by atoms with Gasteiger partial charge in [-0.15, -0.1) is 0 Å². The molecule has 1 rings (SSSR count). The molecule has 4 nitrogen and oxygen atoms in total. The van der Waals surface area contributed by atoms with Crippen LogP contribution in [-0.2, 0) is 0 Å². The van der Waals surface area contributed by atoms with Crippen molar-refractivity contribution in [2.24, 2.45) is 0 Å². The third-order valence-electron chi connectivity index (χ3n) is 1.75. The second-order valence-corrected chi connectivity index (χ2v) is 3.47. The number of aromatic nitrogens is 2. The number of anilines is 1. The molecule has 0 saturated heterocycles. The molecule has 1 aromatic heterocycles. The van der Waals surface area contributed by atoms with Gasteiger partial charge in [-0.05, 0) is 13.3 Å². The van der Waals surface area contributed by atoms with Gasteiger partial charge in [-0.25, -0.2) is 4.98 Å². The van der Waals surface area contributed by atoms with Gasteiger partial charge in [-0.3, -0.25) is 0 Å². The van der Waals surface area contributed by atoms with E-state index in [1.807, 2.05) is 6.92 Å². The van der Waals surface area contributed by atoms with Gasteiger partial charge in [0.05, 0.1) is 0 Å². The maximum Gasteiger partial charge on any atom is 0.422 e. The van der Waals surface area contributed by atoms with E-state index < -0.39 is 12.8 Å². The van der Waals surface area contributed by atoms with E-state index in [0.717, 1.165) is 6.42 Å². The average Bonchev–Trinajstić information content (AvgIpc) is 2.22. The lowest BCUT2D eigenvalue weighted by Gasteiger charge is -2.10. The molecule has 17 heavy (non-hydrogen) atoms. The molecule has 1 heterocycles. The molecule has 96 valence electrons. The molecule has 0 unspecified atom stereocenters. The molecule has 0 radical (unpaired) electrons. The molecule has 0 saturated carbocycles. The zero-order chi connectivity index (χ0) is 12.9. The Labute approximate surface area is 97.2 Å². The lowest BCUT2D eigenvalue weighted by atomic mass is 10.4. The van der Waals surface area contributed by atoms with Gasteiger partial charge in [-0.2, -0.15) is 18.2 Å². The SMILES string of the molecule is CCCNc1cc(OCC(F)(F)F)nc(C)n1. The molecular weight excluding hydrogens is 235 g/mol. The largest absolute Gasteiger partial charge is 0.468 e. The van der Waals surface area contributed by atoms with Gasteiger partial charge < -0.3 is 10.1 Å². The number of hydrogen-bond donors (Lipinski definition) is 1. The number of alkyl halides is 3. The molecule has 0 bridgehead atoms. The highest BCUT2D eigenvalue weighted by Crippen LogP contribution is 2.18. The molecule has 0 amide bonds. The summed E-state index contributed by atoms with van der Waals surface area (Å²) in [5.74, 6) is 0.758. The minimum Gasteiger partial charge on any atom is -0.468 e. The highest BCUT2D eigenvalue weighted by Gasteiger charge is 2.28. The molecule has 0 aromatic carbocycles. The predicted octanol–water partition coefficient (Wildman–Crippen LogP) is 2.55. The number of rotatable bonds is 5. The summed E-state index contributed by atoms with van der Waals surface area (Å²) in [6.07, 6.45) is -3.47. The molecule has 0 aliphatic rings. The van der Waals surface area contributed by atoms with Crippen LogP contribution in [0.5, 0.6) is 5.88 Å². The lowest BCUT2D eigenvalue weighted by Crippen LogP contribution is -2.20. The zero-order valence-corrected chi connectivity index (χ0v) is 9.64. The van der Waals surface area contributed by atoms with Crippen molar-refractivity contribution in [1.29, 1.82) is 0 Å². The van der Waals surface area contributed by atoms with Gasteiger partial charge in [0.25, 0.3) is 0 Å². The van der Waals surface area contributed by atoms with Crippen LogP contribution in [0.1, 0.15) is 19.2 Å². The smallest absolute Gasteiger partial charge is 0.422 e. The predicted molar refractivity (Wildman–Crippen MR) is 57.1 cm³/mol. The maximum atomic E-state index is 12.0. The monoisotopic (exact) mass is 249 g/mol. The summed E-state index contributed by atoms with van der Waals surface area (Å²) < 4.78 is 40.4. The van der Waals surface area contributed by atoms with Crippen LogP contribution in [0.25, 0.3) is 0 Å². The van der Waals surface area contributed by atoms with Crippen molar-refractivity contribution < 1.29 is 17.9 Å². The summed E-state index contributed by atoms with van der Waals surface area (Å²) in [6, 6.07) is 1.36. The highest BCUT2D eigenvalue weighted by atomic mass is 19.4. The molecule has 0 spiro atoms. The van der Waals surface area contributed by atoms with Crippen LogP contribution in [0.4, 0.5) is 19.0 Å². The van der Waals surface area contributed by atoms with E-state index in [1.165, 1.54) is 6.07 Å². The van der Waals surface area contributed by atoms with E-state index in [2.05, 4.69) is 20.0 Å². The first-order valence-electron chi connectivity index (χ1n) is 5.20. The molecule has 1 N–H and O–H groups in total. The van der Waals surface area contributed by atoms with Crippen molar-refractivity contribution >= 4 is 5.82 Å². The van der Waals surface area contributed by atoms with Crippen molar-refractivity contribution in [2.45, 2.75) is 26.4 Å². The number of nitrogens with zero attached hydrogens (tertiary/aromatic N) is 2. The average molecular weight is 249 g/mol. The second kappa shape index (κ2) is 5.70. The number of aryl methyl sites for hydroxylation is 1. The molecule has 0 fully saturated rings. The van der Waals surface area contributed by atoms with Crippen molar-refractivity contribution in [3.8, 4) is 5.88 Å².